The van der Waals surface area contributed by atoms with Gasteiger partial charge in [-0.25, -0.2) is 15.0 Å². The Labute approximate surface area is 283 Å². The van der Waals surface area contributed by atoms with Gasteiger partial charge in [-0.05, 0) is 54.3 Å². The molecule has 9 nitrogen and oxygen atoms in total. The lowest BCUT2D eigenvalue weighted by atomic mass is 10.1. The van der Waals surface area contributed by atoms with Crippen LogP contribution in [0.1, 0.15) is 18.1 Å². The first-order valence-corrected chi connectivity index (χ1v) is 16.9. The number of imidazole rings is 1. The predicted molar refractivity (Wildman–Crippen MR) is 185 cm³/mol. The second-order valence-corrected chi connectivity index (χ2v) is 11.8. The van der Waals surface area contributed by atoms with E-state index in [0.29, 0.717) is 62.3 Å². The number of ether oxygens (including phenoxy) is 2. The first kappa shape index (κ1) is 33.7. The lowest BCUT2D eigenvalue weighted by molar-refractivity contribution is 0.109. The van der Waals surface area contributed by atoms with Crippen molar-refractivity contribution in [1.82, 2.24) is 30.3 Å². The molecule has 6 rings (SSSR count). The molecule has 12 heteroatoms. The molecule has 0 spiro atoms. The maximum atomic E-state index is 11.6. The summed E-state index contributed by atoms with van der Waals surface area (Å²) in [5.74, 6) is 0.848. The number of rotatable bonds is 10. The van der Waals surface area contributed by atoms with Crippen molar-refractivity contribution < 1.29 is 14.7 Å². The second kappa shape index (κ2) is 16.8. The molecule has 1 fully saturated rings. The maximum absolute atomic E-state index is 11.6. The maximum Gasteiger partial charge on any atom is 0.187 e. The summed E-state index contributed by atoms with van der Waals surface area (Å²) < 4.78 is 12.1. The lowest BCUT2D eigenvalue weighted by Crippen LogP contribution is -2.30. The molecular formula is C34H36Cl2N6O3S. The molecule has 1 aliphatic rings. The molecular weight excluding hydrogens is 643 g/mol. The Hall–Kier alpha value is -3.64. The van der Waals surface area contributed by atoms with E-state index in [0.717, 1.165) is 48.7 Å². The van der Waals surface area contributed by atoms with Gasteiger partial charge < -0.3 is 25.3 Å². The van der Waals surface area contributed by atoms with Crippen LogP contribution in [-0.2, 0) is 17.9 Å². The Morgan fingerprint density at radius 3 is 2.39 bits per heavy atom. The smallest absolute Gasteiger partial charge is 0.187 e. The molecule has 2 aromatic heterocycles. The topological polar surface area (TPSA) is 106 Å². The third-order valence-electron chi connectivity index (χ3n) is 7.02. The monoisotopic (exact) mass is 678 g/mol. The van der Waals surface area contributed by atoms with Crippen LogP contribution >= 0.6 is 35.0 Å². The number of nitrogens with one attached hydrogen (secondary N) is 2. The third-order valence-corrected chi connectivity index (χ3v) is 8.18. The van der Waals surface area contributed by atoms with Gasteiger partial charge >= 0.3 is 0 Å². The van der Waals surface area contributed by atoms with E-state index in [2.05, 4.69) is 20.6 Å². The molecule has 0 aliphatic carbocycles. The van der Waals surface area contributed by atoms with Gasteiger partial charge in [0.25, 0.3) is 0 Å². The summed E-state index contributed by atoms with van der Waals surface area (Å²) in [4.78, 5) is 13.8. The first-order chi connectivity index (χ1) is 22.5. The van der Waals surface area contributed by atoms with Gasteiger partial charge in [0.1, 0.15) is 23.7 Å². The van der Waals surface area contributed by atoms with E-state index in [-0.39, 0.29) is 5.82 Å². The van der Waals surface area contributed by atoms with Crippen LogP contribution in [0.15, 0.2) is 84.1 Å². The number of aromatic nitrogens is 4. The van der Waals surface area contributed by atoms with Crippen LogP contribution in [0.2, 0.25) is 10.0 Å². The Bertz CT molecular complexity index is 1700. The number of morpholine rings is 1. The van der Waals surface area contributed by atoms with Crippen molar-refractivity contribution in [2.75, 3.05) is 39.1 Å². The van der Waals surface area contributed by atoms with Crippen molar-refractivity contribution >= 4 is 35.0 Å². The van der Waals surface area contributed by atoms with Crippen molar-refractivity contribution in [2.24, 2.45) is 0 Å². The minimum Gasteiger partial charge on any atom is -0.489 e. The van der Waals surface area contributed by atoms with E-state index in [9.17, 15) is 5.21 Å². The zero-order chi connectivity index (χ0) is 32.3. The molecule has 0 saturated carbocycles. The summed E-state index contributed by atoms with van der Waals surface area (Å²) in [5, 5.41) is 19.4. The first-order valence-electron chi connectivity index (χ1n) is 14.9. The van der Waals surface area contributed by atoms with E-state index < -0.39 is 0 Å². The van der Waals surface area contributed by atoms with E-state index >= 15 is 0 Å². The number of thioether (sulfide) groups is 1. The Morgan fingerprint density at radius 2 is 1.74 bits per heavy atom. The Morgan fingerprint density at radius 1 is 0.978 bits per heavy atom. The molecule has 3 heterocycles. The summed E-state index contributed by atoms with van der Waals surface area (Å²) in [5.41, 5.74) is 4.52. The summed E-state index contributed by atoms with van der Waals surface area (Å²) in [6.07, 6.45) is 3.57. The minimum absolute atomic E-state index is 0.204. The normalized spacial score (nSPS) is 12.8. The van der Waals surface area contributed by atoms with E-state index in [1.54, 1.807) is 12.3 Å². The van der Waals surface area contributed by atoms with Gasteiger partial charge in [-0.1, -0.05) is 84.4 Å². The standard InChI is InChI=1S/C30H27Cl2N5O2S.C4H9NO/c1-3-33-17-20-14-23(31)26(24(32)15-20)29-36-27(25-12-13-34-30(35-25)40-2)28(37(29)38)21-10-7-11-22(16-21)39-18-19-8-5-4-6-9-19;1-3-6-4-2-5-1/h4-16,33,38H,3,17-18H2,1-2H3;5H,1-4H2. The van der Waals surface area contributed by atoms with Gasteiger partial charge in [0.15, 0.2) is 11.0 Å². The van der Waals surface area contributed by atoms with Gasteiger partial charge in [0.2, 0.25) is 0 Å². The molecule has 5 aromatic rings. The summed E-state index contributed by atoms with van der Waals surface area (Å²) >= 11 is 14.9. The van der Waals surface area contributed by atoms with E-state index in [1.165, 1.54) is 11.8 Å². The average molecular weight is 680 g/mol. The quantitative estimate of drug-likeness (QED) is 0.0801. The molecule has 3 aromatic carbocycles. The van der Waals surface area contributed by atoms with E-state index in [4.69, 9.17) is 37.7 Å². The molecule has 1 aliphatic heterocycles. The van der Waals surface area contributed by atoms with Gasteiger partial charge in [0.05, 0.1) is 34.5 Å². The SMILES string of the molecule is C1COCCN1.CCNCc1cc(Cl)c(-c2nc(-c3ccnc(SC)n3)c(-c3cccc(OCc4ccccc4)c3)n2O)c(Cl)c1. The van der Waals surface area contributed by atoms with Crippen LogP contribution in [-0.4, -0.2) is 64.0 Å². The molecule has 0 amide bonds. The van der Waals surface area contributed by atoms with Gasteiger partial charge in [-0.15, -0.1) is 0 Å². The van der Waals surface area contributed by atoms with Crippen molar-refractivity contribution in [1.29, 1.82) is 0 Å². The molecule has 0 radical (unpaired) electrons. The molecule has 0 unspecified atom stereocenters. The van der Waals surface area contributed by atoms with Crippen molar-refractivity contribution in [3.05, 3.63) is 100 Å². The number of benzene rings is 3. The van der Waals surface area contributed by atoms with Crippen molar-refractivity contribution in [3.63, 3.8) is 0 Å². The fraction of sp³-hybridized carbons (Fsp3) is 0.265. The molecule has 1 saturated heterocycles. The minimum atomic E-state index is 0.204. The molecule has 0 bridgehead atoms. The summed E-state index contributed by atoms with van der Waals surface area (Å²) in [6.45, 7) is 7.71. The molecule has 0 atom stereocenters. The van der Waals surface area contributed by atoms with Crippen LogP contribution in [0.25, 0.3) is 34.0 Å². The average Bonchev–Trinajstić information content (AvgIpc) is 3.44. The van der Waals surface area contributed by atoms with Crippen molar-refractivity contribution in [2.45, 2.75) is 25.2 Å². The number of hydrogen-bond acceptors (Lipinski definition) is 9. The van der Waals surface area contributed by atoms with Crippen molar-refractivity contribution in [3.8, 4) is 39.8 Å². The molecule has 3 N–H and O–H groups in total. The predicted octanol–water partition coefficient (Wildman–Crippen LogP) is 7.23. The summed E-state index contributed by atoms with van der Waals surface area (Å²) in [6, 6.07) is 22.8. The molecule has 240 valence electrons. The van der Waals surface area contributed by atoms with Gasteiger partial charge in [-0.3, -0.25) is 0 Å². The Kier molecular flexibility index (Phi) is 12.3. The van der Waals surface area contributed by atoms with Gasteiger partial charge in [-0.2, -0.15) is 4.73 Å². The fourth-order valence-electron chi connectivity index (χ4n) is 4.78. The zero-order valence-electron chi connectivity index (χ0n) is 25.7. The number of nitrogens with zero attached hydrogens (tertiary/aromatic N) is 4. The van der Waals surface area contributed by atoms with E-state index in [1.807, 2.05) is 79.9 Å². The third kappa shape index (κ3) is 8.58. The van der Waals surface area contributed by atoms with Crippen LogP contribution in [0, 0.1) is 0 Å². The van der Waals surface area contributed by atoms with Crippen LogP contribution in [0.3, 0.4) is 0 Å². The van der Waals surface area contributed by atoms with Crippen LogP contribution in [0.5, 0.6) is 5.75 Å². The van der Waals surface area contributed by atoms with Crippen LogP contribution in [0.4, 0.5) is 0 Å². The Balaban J connectivity index is 0.000000624. The highest BCUT2D eigenvalue weighted by molar-refractivity contribution is 7.98. The fourth-order valence-corrected chi connectivity index (χ4v) is 5.84. The zero-order valence-corrected chi connectivity index (χ0v) is 28.0. The lowest BCUT2D eigenvalue weighted by Gasteiger charge is -2.12. The number of halogens is 2. The highest BCUT2D eigenvalue weighted by Crippen LogP contribution is 2.41. The largest absolute Gasteiger partial charge is 0.489 e. The highest BCUT2D eigenvalue weighted by atomic mass is 35.5. The second-order valence-electron chi connectivity index (χ2n) is 10.3. The highest BCUT2D eigenvalue weighted by Gasteiger charge is 2.26. The van der Waals surface area contributed by atoms with Crippen LogP contribution < -0.4 is 15.4 Å². The van der Waals surface area contributed by atoms with Gasteiger partial charge in [0, 0.05) is 31.4 Å². The number of hydrogen-bond donors (Lipinski definition) is 3. The summed E-state index contributed by atoms with van der Waals surface area (Å²) in [7, 11) is 0. The molecule has 46 heavy (non-hydrogen) atoms.